The van der Waals surface area contributed by atoms with Crippen LogP contribution >= 0.6 is 0 Å². The molecule has 2 heterocycles. The first kappa shape index (κ1) is 8.04. The molecule has 4 nitrogen and oxygen atoms in total. The van der Waals surface area contributed by atoms with Gasteiger partial charge in [-0.25, -0.2) is 4.98 Å². The normalized spacial score (nSPS) is 21.0. The lowest BCUT2D eigenvalue weighted by molar-refractivity contribution is 0.112. The van der Waals surface area contributed by atoms with Crippen LogP contribution < -0.4 is 0 Å². The molecule has 0 spiro atoms. The van der Waals surface area contributed by atoms with E-state index in [1.165, 1.54) is 0 Å². The molecule has 4 heteroatoms. The van der Waals surface area contributed by atoms with Gasteiger partial charge in [0.25, 0.3) is 0 Å². The highest BCUT2D eigenvalue weighted by Gasteiger charge is 2.22. The van der Waals surface area contributed by atoms with Crippen molar-refractivity contribution in [1.29, 1.82) is 0 Å². The van der Waals surface area contributed by atoms with Crippen molar-refractivity contribution in [2.75, 3.05) is 0 Å². The Balaban J connectivity index is 2.10. The first-order valence-electron chi connectivity index (χ1n) is 4.14. The number of hydrogen-bond acceptors (Lipinski definition) is 3. The molecule has 0 radical (unpaired) electrons. The van der Waals surface area contributed by atoms with E-state index in [0.29, 0.717) is 0 Å². The Bertz CT molecular complexity index is 340. The first-order chi connectivity index (χ1) is 6.27. The van der Waals surface area contributed by atoms with E-state index in [1.807, 2.05) is 17.7 Å². The predicted molar refractivity (Wildman–Crippen MR) is 49.4 cm³/mol. The SMILES string of the molecule is C=C(C)C1CC(n2ccnc2)=NO1. The molecule has 1 aliphatic heterocycles. The van der Waals surface area contributed by atoms with E-state index in [0.717, 1.165) is 17.8 Å². The Kier molecular flexibility index (Phi) is 1.88. The fourth-order valence-electron chi connectivity index (χ4n) is 1.19. The maximum atomic E-state index is 5.19. The van der Waals surface area contributed by atoms with E-state index in [2.05, 4.69) is 16.7 Å². The van der Waals surface area contributed by atoms with E-state index in [9.17, 15) is 0 Å². The summed E-state index contributed by atoms with van der Waals surface area (Å²) in [6.45, 7) is 5.77. The molecule has 2 rings (SSSR count). The van der Waals surface area contributed by atoms with Crippen LogP contribution in [0.15, 0.2) is 36.0 Å². The second kappa shape index (κ2) is 3.05. The standard InChI is InChI=1S/C9H11N3O/c1-7(2)8-5-9(11-13-8)12-4-3-10-6-12/h3-4,6,8H,1,5H2,2H3. The van der Waals surface area contributed by atoms with Crippen LogP contribution in [0, 0.1) is 0 Å². The summed E-state index contributed by atoms with van der Waals surface area (Å²) in [7, 11) is 0. The van der Waals surface area contributed by atoms with Crippen molar-refractivity contribution in [3.8, 4) is 0 Å². The lowest BCUT2D eigenvalue weighted by Gasteiger charge is -2.05. The molecule has 0 bridgehead atoms. The Morgan fingerprint density at radius 1 is 1.77 bits per heavy atom. The topological polar surface area (TPSA) is 39.4 Å². The maximum Gasteiger partial charge on any atom is 0.157 e. The van der Waals surface area contributed by atoms with Crippen molar-refractivity contribution in [1.82, 2.24) is 9.55 Å². The summed E-state index contributed by atoms with van der Waals surface area (Å²) in [6, 6.07) is 0. The van der Waals surface area contributed by atoms with Crippen LogP contribution in [0.1, 0.15) is 13.3 Å². The van der Waals surface area contributed by atoms with Crippen LogP contribution in [0.2, 0.25) is 0 Å². The van der Waals surface area contributed by atoms with Gasteiger partial charge in [-0.05, 0) is 12.5 Å². The maximum absolute atomic E-state index is 5.19. The van der Waals surface area contributed by atoms with Crippen LogP contribution in [0.25, 0.3) is 0 Å². The van der Waals surface area contributed by atoms with Crippen LogP contribution in [0.4, 0.5) is 0 Å². The van der Waals surface area contributed by atoms with Gasteiger partial charge in [-0.3, -0.25) is 4.57 Å². The predicted octanol–water partition coefficient (Wildman–Crippen LogP) is 1.41. The van der Waals surface area contributed by atoms with Crippen LogP contribution in [-0.2, 0) is 4.84 Å². The van der Waals surface area contributed by atoms with Gasteiger partial charge in [-0.15, -0.1) is 0 Å². The van der Waals surface area contributed by atoms with Gasteiger partial charge in [-0.1, -0.05) is 11.7 Å². The van der Waals surface area contributed by atoms with Crippen LogP contribution in [-0.4, -0.2) is 21.5 Å². The third-order valence-electron chi connectivity index (χ3n) is 2.01. The Labute approximate surface area is 76.5 Å². The van der Waals surface area contributed by atoms with E-state index >= 15 is 0 Å². The number of hydrogen-bond donors (Lipinski definition) is 0. The summed E-state index contributed by atoms with van der Waals surface area (Å²) < 4.78 is 1.85. The van der Waals surface area contributed by atoms with Crippen LogP contribution in [0.5, 0.6) is 0 Å². The summed E-state index contributed by atoms with van der Waals surface area (Å²) in [5.74, 6) is 0.880. The zero-order valence-corrected chi connectivity index (χ0v) is 7.47. The lowest BCUT2D eigenvalue weighted by atomic mass is 10.1. The third-order valence-corrected chi connectivity index (χ3v) is 2.01. The minimum absolute atomic E-state index is 0.0254. The van der Waals surface area contributed by atoms with Crippen molar-refractivity contribution in [3.05, 3.63) is 30.9 Å². The van der Waals surface area contributed by atoms with Crippen molar-refractivity contribution in [2.24, 2.45) is 5.16 Å². The number of imidazole rings is 1. The summed E-state index contributed by atoms with van der Waals surface area (Å²) >= 11 is 0. The molecule has 0 saturated carbocycles. The monoisotopic (exact) mass is 177 g/mol. The van der Waals surface area contributed by atoms with Gasteiger partial charge < -0.3 is 4.84 Å². The van der Waals surface area contributed by atoms with E-state index < -0.39 is 0 Å². The zero-order valence-electron chi connectivity index (χ0n) is 7.47. The molecule has 0 aromatic carbocycles. The Hall–Kier alpha value is -1.58. The van der Waals surface area contributed by atoms with Crippen molar-refractivity contribution >= 4 is 5.84 Å². The molecule has 1 atom stereocenters. The highest BCUT2D eigenvalue weighted by molar-refractivity contribution is 5.85. The molecular weight excluding hydrogens is 166 g/mol. The molecule has 0 amide bonds. The Morgan fingerprint density at radius 2 is 2.62 bits per heavy atom. The highest BCUT2D eigenvalue weighted by atomic mass is 16.6. The van der Waals surface area contributed by atoms with E-state index in [-0.39, 0.29) is 6.10 Å². The summed E-state index contributed by atoms with van der Waals surface area (Å²) in [5.41, 5.74) is 0.999. The largest absolute Gasteiger partial charge is 0.386 e. The van der Waals surface area contributed by atoms with Crippen molar-refractivity contribution < 1.29 is 4.84 Å². The molecule has 13 heavy (non-hydrogen) atoms. The van der Waals surface area contributed by atoms with Gasteiger partial charge in [-0.2, -0.15) is 0 Å². The first-order valence-corrected chi connectivity index (χ1v) is 4.14. The highest BCUT2D eigenvalue weighted by Crippen LogP contribution is 2.17. The molecule has 0 saturated heterocycles. The molecule has 1 unspecified atom stereocenters. The number of aromatic nitrogens is 2. The van der Waals surface area contributed by atoms with Gasteiger partial charge in [0.05, 0.1) is 6.42 Å². The average Bonchev–Trinajstić information content (AvgIpc) is 2.75. The quantitative estimate of drug-likeness (QED) is 0.608. The van der Waals surface area contributed by atoms with Gasteiger partial charge in [0.2, 0.25) is 0 Å². The second-order valence-corrected chi connectivity index (χ2v) is 3.12. The molecular formula is C9H11N3O. The average molecular weight is 177 g/mol. The fraction of sp³-hybridized carbons (Fsp3) is 0.333. The molecule has 0 N–H and O–H groups in total. The summed E-state index contributed by atoms with van der Waals surface area (Å²) in [6.07, 6.45) is 6.08. The van der Waals surface area contributed by atoms with Gasteiger partial charge >= 0.3 is 0 Å². The molecule has 1 aliphatic rings. The third kappa shape index (κ3) is 1.47. The van der Waals surface area contributed by atoms with E-state index in [4.69, 9.17) is 4.84 Å². The molecule has 1 aromatic heterocycles. The summed E-state index contributed by atoms with van der Waals surface area (Å²) in [4.78, 5) is 9.13. The minimum Gasteiger partial charge on any atom is -0.386 e. The second-order valence-electron chi connectivity index (χ2n) is 3.12. The van der Waals surface area contributed by atoms with Crippen molar-refractivity contribution in [3.63, 3.8) is 0 Å². The fourth-order valence-corrected chi connectivity index (χ4v) is 1.19. The smallest absolute Gasteiger partial charge is 0.157 e. The van der Waals surface area contributed by atoms with Crippen LogP contribution in [0.3, 0.4) is 0 Å². The zero-order chi connectivity index (χ0) is 9.26. The molecule has 0 aliphatic carbocycles. The summed E-state index contributed by atoms with van der Waals surface area (Å²) in [5, 5.41) is 3.96. The number of rotatable bonds is 1. The number of nitrogens with zero attached hydrogens (tertiary/aromatic N) is 3. The molecule has 68 valence electrons. The van der Waals surface area contributed by atoms with Gasteiger partial charge in [0.1, 0.15) is 6.33 Å². The van der Waals surface area contributed by atoms with Gasteiger partial charge in [0.15, 0.2) is 11.9 Å². The van der Waals surface area contributed by atoms with Gasteiger partial charge in [0, 0.05) is 12.4 Å². The van der Waals surface area contributed by atoms with Crippen molar-refractivity contribution in [2.45, 2.75) is 19.4 Å². The molecule has 0 fully saturated rings. The molecule has 1 aromatic rings. The number of oxime groups is 1. The minimum atomic E-state index is 0.0254. The Morgan fingerprint density at radius 3 is 3.15 bits per heavy atom. The lowest BCUT2D eigenvalue weighted by Crippen LogP contribution is -2.12. The van der Waals surface area contributed by atoms with E-state index in [1.54, 1.807) is 12.5 Å².